The van der Waals surface area contributed by atoms with Crippen LogP contribution in [-0.4, -0.2) is 52.6 Å². The quantitative estimate of drug-likeness (QED) is 0.700. The zero-order chi connectivity index (χ0) is 19.7. The maximum absolute atomic E-state index is 12.5. The van der Waals surface area contributed by atoms with Crippen LogP contribution < -0.4 is 5.32 Å². The van der Waals surface area contributed by atoms with Crippen molar-refractivity contribution in [1.82, 2.24) is 24.2 Å². The molecule has 9 heteroatoms. The van der Waals surface area contributed by atoms with Crippen molar-refractivity contribution in [2.75, 3.05) is 19.3 Å². The van der Waals surface area contributed by atoms with E-state index in [2.05, 4.69) is 15.5 Å². The molecule has 1 fully saturated rings. The van der Waals surface area contributed by atoms with Crippen LogP contribution in [0.2, 0.25) is 0 Å². The predicted molar refractivity (Wildman–Crippen MR) is 104 cm³/mol. The van der Waals surface area contributed by atoms with Gasteiger partial charge in [0.05, 0.1) is 11.8 Å². The van der Waals surface area contributed by atoms with Gasteiger partial charge in [-0.2, -0.15) is 0 Å². The minimum absolute atomic E-state index is 0.0487. The van der Waals surface area contributed by atoms with Crippen molar-refractivity contribution in [1.29, 1.82) is 0 Å². The van der Waals surface area contributed by atoms with Crippen LogP contribution in [0.15, 0.2) is 48.7 Å². The fourth-order valence-corrected chi connectivity index (χ4v) is 4.33. The van der Waals surface area contributed by atoms with Crippen LogP contribution in [-0.2, 0) is 16.6 Å². The molecule has 1 aromatic carbocycles. The lowest BCUT2D eigenvalue weighted by Gasteiger charge is -2.12. The lowest BCUT2D eigenvalue weighted by molar-refractivity contribution is 0.0950. The van der Waals surface area contributed by atoms with Crippen molar-refractivity contribution < 1.29 is 13.2 Å². The molecule has 4 rings (SSSR count). The summed E-state index contributed by atoms with van der Waals surface area (Å²) in [5, 5.41) is 11.3. The minimum atomic E-state index is -3.22. The van der Waals surface area contributed by atoms with Crippen molar-refractivity contribution in [3.05, 3.63) is 65.6 Å². The summed E-state index contributed by atoms with van der Waals surface area (Å²) in [6.07, 6.45) is 3.61. The van der Waals surface area contributed by atoms with Crippen LogP contribution in [0, 0.1) is 0 Å². The van der Waals surface area contributed by atoms with Crippen LogP contribution in [0.3, 0.4) is 0 Å². The van der Waals surface area contributed by atoms with Crippen LogP contribution in [0.1, 0.15) is 34.1 Å². The second-order valence-corrected chi connectivity index (χ2v) is 8.96. The summed E-state index contributed by atoms with van der Waals surface area (Å²) in [6, 6.07) is 13.2. The third-order valence-electron chi connectivity index (χ3n) is 4.97. The number of benzene rings is 1. The van der Waals surface area contributed by atoms with E-state index in [9.17, 15) is 13.2 Å². The van der Waals surface area contributed by atoms with Crippen molar-refractivity contribution in [3.8, 4) is 0 Å². The summed E-state index contributed by atoms with van der Waals surface area (Å²) in [7, 11) is -3.22. The number of amides is 1. The first-order valence-corrected chi connectivity index (χ1v) is 10.9. The number of nitrogens with zero attached hydrogens (tertiary/aromatic N) is 4. The standard InChI is InChI=1S/C19H21N5O3S/c1-28(26,27)23-10-9-15(12-23)18-22-21-17-8-7-16(13-24(17)18)19(25)20-11-14-5-3-2-4-6-14/h2-8,13,15H,9-12H2,1H3,(H,20,25)/t15-/m1/s1. The molecule has 28 heavy (non-hydrogen) atoms. The third-order valence-corrected chi connectivity index (χ3v) is 6.24. The molecule has 3 aromatic rings. The number of pyridine rings is 1. The van der Waals surface area contributed by atoms with E-state index in [4.69, 9.17) is 0 Å². The molecule has 1 atom stereocenters. The lowest BCUT2D eigenvalue weighted by atomic mass is 10.1. The number of fused-ring (bicyclic) bond motifs is 1. The SMILES string of the molecule is CS(=O)(=O)N1CC[C@@H](c2nnc3ccc(C(=O)NCc4ccccc4)cn23)C1. The summed E-state index contributed by atoms with van der Waals surface area (Å²) in [4.78, 5) is 12.5. The predicted octanol–water partition coefficient (Wildman–Crippen LogP) is 1.41. The van der Waals surface area contributed by atoms with Gasteiger partial charge in [-0.3, -0.25) is 9.20 Å². The molecule has 2 aromatic heterocycles. The van der Waals surface area contributed by atoms with Crippen molar-refractivity contribution in [2.45, 2.75) is 18.9 Å². The highest BCUT2D eigenvalue weighted by atomic mass is 32.2. The summed E-state index contributed by atoms with van der Waals surface area (Å²) in [5.74, 6) is 0.445. The highest BCUT2D eigenvalue weighted by molar-refractivity contribution is 7.88. The molecule has 0 aliphatic carbocycles. The lowest BCUT2D eigenvalue weighted by Crippen LogP contribution is -2.27. The van der Waals surface area contributed by atoms with Gasteiger partial charge in [-0.1, -0.05) is 30.3 Å². The van der Waals surface area contributed by atoms with Crippen molar-refractivity contribution in [3.63, 3.8) is 0 Å². The Morgan fingerprint density at radius 1 is 1.18 bits per heavy atom. The summed E-state index contributed by atoms with van der Waals surface area (Å²) < 4.78 is 26.8. The Bertz CT molecular complexity index is 1110. The molecule has 146 valence electrons. The van der Waals surface area contributed by atoms with Gasteiger partial charge in [-0.05, 0) is 24.1 Å². The van der Waals surface area contributed by atoms with Crippen LogP contribution in [0.4, 0.5) is 0 Å². The Morgan fingerprint density at radius 3 is 2.68 bits per heavy atom. The second-order valence-electron chi connectivity index (χ2n) is 6.98. The molecule has 3 heterocycles. The van der Waals surface area contributed by atoms with Gasteiger partial charge < -0.3 is 5.32 Å². The molecule has 0 radical (unpaired) electrons. The van der Waals surface area contributed by atoms with Gasteiger partial charge in [0.2, 0.25) is 10.0 Å². The van der Waals surface area contributed by atoms with E-state index in [0.717, 1.165) is 5.56 Å². The fraction of sp³-hybridized carbons (Fsp3) is 0.316. The van der Waals surface area contributed by atoms with E-state index >= 15 is 0 Å². The number of hydrogen-bond acceptors (Lipinski definition) is 5. The Kier molecular flexibility index (Phi) is 4.86. The van der Waals surface area contributed by atoms with Gasteiger partial charge in [0.1, 0.15) is 5.82 Å². The smallest absolute Gasteiger partial charge is 0.253 e. The Labute approximate surface area is 163 Å². The Morgan fingerprint density at radius 2 is 1.96 bits per heavy atom. The number of nitrogens with one attached hydrogen (secondary N) is 1. The molecule has 1 N–H and O–H groups in total. The average Bonchev–Trinajstić information content (AvgIpc) is 3.33. The van der Waals surface area contributed by atoms with E-state index < -0.39 is 10.0 Å². The van der Waals surface area contributed by atoms with Crippen LogP contribution in [0.25, 0.3) is 5.65 Å². The summed E-state index contributed by atoms with van der Waals surface area (Å²) in [5.41, 5.74) is 2.16. The van der Waals surface area contributed by atoms with E-state index in [0.29, 0.717) is 43.1 Å². The first-order valence-electron chi connectivity index (χ1n) is 9.04. The number of carbonyl (C=O) groups is 1. The highest BCUT2D eigenvalue weighted by Gasteiger charge is 2.32. The van der Waals surface area contributed by atoms with E-state index in [1.165, 1.54) is 10.6 Å². The first-order chi connectivity index (χ1) is 13.4. The molecule has 0 unspecified atom stereocenters. The molecule has 1 aliphatic rings. The topological polar surface area (TPSA) is 96.7 Å². The van der Waals surface area contributed by atoms with Crippen molar-refractivity contribution in [2.24, 2.45) is 0 Å². The molecule has 0 bridgehead atoms. The normalized spacial score (nSPS) is 17.8. The number of aromatic nitrogens is 3. The van der Waals surface area contributed by atoms with Gasteiger partial charge in [-0.15, -0.1) is 10.2 Å². The molecule has 1 amide bonds. The number of hydrogen-bond donors (Lipinski definition) is 1. The van der Waals surface area contributed by atoms with E-state index in [1.54, 1.807) is 22.7 Å². The number of rotatable bonds is 5. The Balaban J connectivity index is 1.54. The average molecular weight is 399 g/mol. The minimum Gasteiger partial charge on any atom is -0.348 e. The zero-order valence-corrected chi connectivity index (χ0v) is 16.3. The molecule has 0 spiro atoms. The largest absolute Gasteiger partial charge is 0.348 e. The molecule has 0 saturated carbocycles. The second kappa shape index (κ2) is 7.33. The van der Waals surface area contributed by atoms with Gasteiger partial charge >= 0.3 is 0 Å². The third kappa shape index (κ3) is 3.76. The van der Waals surface area contributed by atoms with Gasteiger partial charge in [0.15, 0.2) is 5.65 Å². The molecular formula is C19H21N5O3S. The Hall–Kier alpha value is -2.78. The molecule has 8 nitrogen and oxygen atoms in total. The fourth-order valence-electron chi connectivity index (χ4n) is 3.44. The van der Waals surface area contributed by atoms with Gasteiger partial charge in [0.25, 0.3) is 5.91 Å². The molecular weight excluding hydrogens is 378 g/mol. The van der Waals surface area contributed by atoms with Crippen LogP contribution in [0.5, 0.6) is 0 Å². The molecule has 1 aliphatic heterocycles. The maximum atomic E-state index is 12.5. The first kappa shape index (κ1) is 18.6. The number of carbonyl (C=O) groups excluding carboxylic acids is 1. The van der Waals surface area contributed by atoms with Gasteiger partial charge in [-0.25, -0.2) is 12.7 Å². The molecule has 1 saturated heterocycles. The summed E-state index contributed by atoms with van der Waals surface area (Å²) in [6.45, 7) is 1.29. The zero-order valence-electron chi connectivity index (χ0n) is 15.4. The van der Waals surface area contributed by atoms with Crippen LogP contribution >= 0.6 is 0 Å². The van der Waals surface area contributed by atoms with E-state index in [-0.39, 0.29) is 11.8 Å². The monoisotopic (exact) mass is 399 g/mol. The van der Waals surface area contributed by atoms with E-state index in [1.807, 2.05) is 30.3 Å². The highest BCUT2D eigenvalue weighted by Crippen LogP contribution is 2.27. The number of sulfonamides is 1. The maximum Gasteiger partial charge on any atom is 0.253 e. The van der Waals surface area contributed by atoms with Crippen molar-refractivity contribution >= 4 is 21.6 Å². The summed E-state index contributed by atoms with van der Waals surface area (Å²) >= 11 is 0. The van der Waals surface area contributed by atoms with Gasteiger partial charge in [0, 0.05) is 31.7 Å².